The summed E-state index contributed by atoms with van der Waals surface area (Å²) in [6, 6.07) is -0.385. The van der Waals surface area contributed by atoms with Crippen LogP contribution in [0.2, 0.25) is 0 Å². The first-order chi connectivity index (χ1) is 22.7. The zero-order chi connectivity index (χ0) is 33.6. The third-order valence-electron chi connectivity index (χ3n) is 9.17. The number of amides is 2. The number of unbranched alkanes of at least 4 members (excludes halogenated alkanes) is 25. The second kappa shape index (κ2) is 37.9. The largest absolute Gasteiger partial charge is 0.355 e. The number of likely N-dealkylation sites (N-methyl/N-ethyl adjacent to an activating group) is 1. The average molecular weight is 645 g/mol. The van der Waals surface area contributed by atoms with E-state index >= 15 is 0 Å². The monoisotopic (exact) mass is 645 g/mol. The van der Waals surface area contributed by atoms with Crippen molar-refractivity contribution >= 4 is 11.8 Å². The normalized spacial score (nSPS) is 12.3. The van der Waals surface area contributed by atoms with Gasteiger partial charge >= 0.3 is 0 Å². The Balaban J connectivity index is 3.77. The predicted molar refractivity (Wildman–Crippen MR) is 203 cm³/mol. The van der Waals surface area contributed by atoms with Gasteiger partial charge in [0, 0.05) is 13.0 Å². The highest BCUT2D eigenvalue weighted by molar-refractivity contribution is 5.87. The lowest BCUT2D eigenvalue weighted by Gasteiger charge is -2.18. The highest BCUT2D eigenvalue weighted by Crippen LogP contribution is 2.14. The van der Waals surface area contributed by atoms with Gasteiger partial charge in [-0.15, -0.1) is 0 Å². The minimum absolute atomic E-state index is 0.0265. The van der Waals surface area contributed by atoms with Gasteiger partial charge in [0.2, 0.25) is 11.8 Å². The second-order valence-electron chi connectivity index (χ2n) is 13.8. The molecule has 270 valence electrons. The van der Waals surface area contributed by atoms with Crippen LogP contribution in [0.4, 0.5) is 0 Å². The molecule has 1 atom stereocenters. The van der Waals surface area contributed by atoms with Crippen molar-refractivity contribution in [3.8, 4) is 0 Å². The number of allylic oxidation sites excluding steroid dienone is 4. The Morgan fingerprint density at radius 3 is 1.20 bits per heavy atom. The number of hydrogen-bond donors (Lipinski definition) is 2. The molecule has 2 amide bonds. The van der Waals surface area contributed by atoms with Gasteiger partial charge in [0.25, 0.3) is 0 Å². The summed E-state index contributed by atoms with van der Waals surface area (Å²) in [5, 5.41) is 5.96. The van der Waals surface area contributed by atoms with Gasteiger partial charge in [-0.1, -0.05) is 167 Å². The summed E-state index contributed by atoms with van der Waals surface area (Å²) in [6.45, 7) is 7.09. The first kappa shape index (κ1) is 44.4. The van der Waals surface area contributed by atoms with E-state index in [9.17, 15) is 9.59 Å². The van der Waals surface area contributed by atoms with Crippen LogP contribution in [0.3, 0.4) is 0 Å². The average Bonchev–Trinajstić information content (AvgIpc) is 3.05. The van der Waals surface area contributed by atoms with E-state index < -0.39 is 0 Å². The van der Waals surface area contributed by atoms with Crippen LogP contribution in [0.1, 0.15) is 220 Å². The van der Waals surface area contributed by atoms with Crippen molar-refractivity contribution in [2.24, 2.45) is 0 Å². The summed E-state index contributed by atoms with van der Waals surface area (Å²) >= 11 is 0. The molecule has 46 heavy (non-hydrogen) atoms. The third kappa shape index (κ3) is 33.8. The number of rotatable bonds is 36. The third-order valence-corrected chi connectivity index (χ3v) is 9.17. The molecule has 0 fully saturated rings. The molecule has 1 unspecified atom stereocenters. The maximum atomic E-state index is 12.6. The molecule has 4 nitrogen and oxygen atoms in total. The first-order valence-electron chi connectivity index (χ1n) is 20.5. The van der Waals surface area contributed by atoms with Gasteiger partial charge in [-0.3, -0.25) is 9.59 Å². The molecule has 0 heterocycles. The first-order valence-corrected chi connectivity index (χ1v) is 20.5. The van der Waals surface area contributed by atoms with Gasteiger partial charge < -0.3 is 10.6 Å². The lowest BCUT2D eigenvalue weighted by Crippen LogP contribution is -2.46. The van der Waals surface area contributed by atoms with E-state index in [4.69, 9.17) is 0 Å². The molecule has 0 bridgehead atoms. The molecule has 2 N–H and O–H groups in total. The summed E-state index contributed by atoms with van der Waals surface area (Å²) in [5.74, 6) is 0.00700. The molecule has 0 aromatic heterocycles. The van der Waals surface area contributed by atoms with Crippen LogP contribution in [0.5, 0.6) is 0 Å². The van der Waals surface area contributed by atoms with Crippen molar-refractivity contribution in [3.63, 3.8) is 0 Å². The van der Waals surface area contributed by atoms with E-state index in [0.29, 0.717) is 13.0 Å². The maximum absolute atomic E-state index is 12.6. The molecular formula is C42H80N2O2. The minimum Gasteiger partial charge on any atom is -0.355 e. The van der Waals surface area contributed by atoms with Crippen LogP contribution in [-0.2, 0) is 9.59 Å². The van der Waals surface area contributed by atoms with Crippen molar-refractivity contribution in [3.05, 3.63) is 24.3 Å². The summed E-state index contributed by atoms with van der Waals surface area (Å²) < 4.78 is 0. The van der Waals surface area contributed by atoms with E-state index in [-0.39, 0.29) is 17.9 Å². The van der Waals surface area contributed by atoms with Gasteiger partial charge in [-0.05, 0) is 71.1 Å². The zero-order valence-electron chi connectivity index (χ0n) is 31.3. The summed E-state index contributed by atoms with van der Waals surface area (Å²) in [6.07, 6.45) is 47.8. The number of nitrogens with one attached hydrogen (secondary N) is 2. The van der Waals surface area contributed by atoms with E-state index in [1.54, 1.807) is 0 Å². The summed E-state index contributed by atoms with van der Waals surface area (Å²) in [4.78, 5) is 25.2. The molecule has 0 saturated heterocycles. The Morgan fingerprint density at radius 1 is 0.457 bits per heavy atom. The topological polar surface area (TPSA) is 58.2 Å². The second-order valence-corrected chi connectivity index (χ2v) is 13.8. The Kier molecular flexibility index (Phi) is 36.6. The Labute approximate surface area is 288 Å². The number of hydrogen-bond acceptors (Lipinski definition) is 2. The molecule has 0 radical (unpaired) electrons. The number of carbonyl (C=O) groups is 2. The minimum atomic E-state index is -0.385. The quantitative estimate of drug-likeness (QED) is 0.0526. The highest BCUT2D eigenvalue weighted by atomic mass is 16.2. The standard InChI is InChI=1S/C42H80N2O2/c1-4-7-9-11-13-15-17-19-21-22-23-25-26-28-30-32-34-36-38-40(42(46)43-6-3)44-41(45)39-37-35-33-31-29-27-24-20-18-16-14-12-10-8-5-2/h19-21,24,40H,4-18,22-23,25-39H2,1-3H3,(H,43,46)(H,44,45)/b21-19-,24-20-. The Morgan fingerprint density at radius 2 is 0.804 bits per heavy atom. The van der Waals surface area contributed by atoms with Crippen LogP contribution >= 0.6 is 0 Å². The van der Waals surface area contributed by atoms with Crippen LogP contribution in [0, 0.1) is 0 Å². The van der Waals surface area contributed by atoms with E-state index in [0.717, 1.165) is 32.1 Å². The maximum Gasteiger partial charge on any atom is 0.242 e. The molecule has 0 aliphatic heterocycles. The Hall–Kier alpha value is -1.58. The molecular weight excluding hydrogens is 564 g/mol. The zero-order valence-corrected chi connectivity index (χ0v) is 31.3. The van der Waals surface area contributed by atoms with E-state index in [1.807, 2.05) is 6.92 Å². The lowest BCUT2D eigenvalue weighted by molar-refractivity contribution is -0.129. The van der Waals surface area contributed by atoms with Gasteiger partial charge in [-0.2, -0.15) is 0 Å². The molecule has 0 aliphatic rings. The van der Waals surface area contributed by atoms with Crippen molar-refractivity contribution in [1.29, 1.82) is 0 Å². The lowest BCUT2D eigenvalue weighted by atomic mass is 10.0. The molecule has 0 rings (SSSR count). The van der Waals surface area contributed by atoms with Crippen molar-refractivity contribution in [2.75, 3.05) is 6.54 Å². The fraction of sp³-hybridized carbons (Fsp3) is 0.857. The van der Waals surface area contributed by atoms with Gasteiger partial charge in [-0.25, -0.2) is 0 Å². The van der Waals surface area contributed by atoms with Crippen LogP contribution in [0.15, 0.2) is 24.3 Å². The highest BCUT2D eigenvalue weighted by Gasteiger charge is 2.19. The van der Waals surface area contributed by atoms with Crippen molar-refractivity contribution < 1.29 is 9.59 Å². The molecule has 0 aromatic carbocycles. The predicted octanol–water partition coefficient (Wildman–Crippen LogP) is 12.9. The van der Waals surface area contributed by atoms with Crippen LogP contribution < -0.4 is 10.6 Å². The van der Waals surface area contributed by atoms with Crippen LogP contribution in [0.25, 0.3) is 0 Å². The van der Waals surface area contributed by atoms with Crippen molar-refractivity contribution in [2.45, 2.75) is 226 Å². The Bertz CT molecular complexity index is 702. The molecule has 0 spiro atoms. The van der Waals surface area contributed by atoms with Gasteiger partial charge in [0.05, 0.1) is 0 Å². The van der Waals surface area contributed by atoms with E-state index in [2.05, 4.69) is 48.8 Å². The molecule has 0 aliphatic carbocycles. The smallest absolute Gasteiger partial charge is 0.242 e. The fourth-order valence-corrected chi connectivity index (χ4v) is 6.14. The molecule has 4 heteroatoms. The fourth-order valence-electron chi connectivity index (χ4n) is 6.14. The van der Waals surface area contributed by atoms with Crippen molar-refractivity contribution in [1.82, 2.24) is 10.6 Å². The number of carbonyl (C=O) groups excluding carboxylic acids is 2. The van der Waals surface area contributed by atoms with Gasteiger partial charge in [0.1, 0.15) is 6.04 Å². The molecule has 0 aromatic rings. The molecule has 0 saturated carbocycles. The SMILES string of the molecule is CCCCCCCC/C=C\CCCCCCCCCCC(NC(=O)CCCCCCC/C=C\CCCCCCCC)C(=O)NCC. The van der Waals surface area contributed by atoms with Gasteiger partial charge in [0.15, 0.2) is 0 Å². The van der Waals surface area contributed by atoms with Crippen LogP contribution in [-0.4, -0.2) is 24.4 Å². The van der Waals surface area contributed by atoms with E-state index in [1.165, 1.54) is 161 Å². The summed E-state index contributed by atoms with van der Waals surface area (Å²) in [5.41, 5.74) is 0. The summed E-state index contributed by atoms with van der Waals surface area (Å²) in [7, 11) is 0.